The molecule has 1 N–H and O–H groups in total. The van der Waals surface area contributed by atoms with Crippen LogP contribution in [0.1, 0.15) is 46.0 Å². The maximum atomic E-state index is 12.4. The Bertz CT molecular complexity index is 374. The van der Waals surface area contributed by atoms with Crippen LogP contribution in [0.3, 0.4) is 0 Å². The summed E-state index contributed by atoms with van der Waals surface area (Å²) in [6, 6.07) is 0. The van der Waals surface area contributed by atoms with E-state index in [9.17, 15) is 14.7 Å². The van der Waals surface area contributed by atoms with Gasteiger partial charge in [0.2, 0.25) is 0 Å². The first kappa shape index (κ1) is 15.3. The number of piperidine rings is 1. The molecule has 2 heterocycles. The van der Waals surface area contributed by atoms with E-state index in [1.54, 1.807) is 13.8 Å². The summed E-state index contributed by atoms with van der Waals surface area (Å²) in [5.41, 5.74) is -0.785. The lowest BCUT2D eigenvalue weighted by Crippen LogP contribution is -2.50. The summed E-state index contributed by atoms with van der Waals surface area (Å²) in [6.07, 6.45) is 4.29. The van der Waals surface area contributed by atoms with Crippen LogP contribution in [-0.2, 0) is 14.3 Å². The van der Waals surface area contributed by atoms with Crippen LogP contribution in [0.2, 0.25) is 0 Å². The molecule has 2 unspecified atom stereocenters. The van der Waals surface area contributed by atoms with Gasteiger partial charge in [-0.05, 0) is 51.9 Å². The van der Waals surface area contributed by atoms with Gasteiger partial charge in [0.25, 0.3) is 5.91 Å². The minimum atomic E-state index is -0.786. The fraction of sp³-hybridized carbons (Fsp3) is 0.867. The van der Waals surface area contributed by atoms with Crippen LogP contribution in [0.4, 0.5) is 0 Å². The molecule has 2 atom stereocenters. The van der Waals surface area contributed by atoms with E-state index < -0.39 is 11.4 Å². The molecular weight excluding hydrogens is 258 g/mol. The Morgan fingerprint density at radius 1 is 1.20 bits per heavy atom. The lowest BCUT2D eigenvalue weighted by molar-refractivity contribution is -0.156. The van der Waals surface area contributed by atoms with Crippen LogP contribution in [0.25, 0.3) is 0 Å². The third-order valence-corrected chi connectivity index (χ3v) is 4.76. The Hall–Kier alpha value is -1.10. The Kier molecular flexibility index (Phi) is 4.68. The second-order valence-corrected chi connectivity index (χ2v) is 6.51. The fourth-order valence-corrected chi connectivity index (χ4v) is 3.08. The smallest absolute Gasteiger partial charge is 0.309 e. The summed E-state index contributed by atoms with van der Waals surface area (Å²) in [6.45, 7) is 5.44. The molecule has 2 fully saturated rings. The van der Waals surface area contributed by atoms with Gasteiger partial charge in [0, 0.05) is 19.7 Å². The molecule has 0 bridgehead atoms. The number of hydrogen-bond acceptors (Lipinski definition) is 3. The quantitative estimate of drug-likeness (QED) is 0.859. The van der Waals surface area contributed by atoms with Crippen LogP contribution < -0.4 is 0 Å². The molecule has 0 aromatic rings. The van der Waals surface area contributed by atoms with Crippen molar-refractivity contribution in [2.75, 3.05) is 19.7 Å². The summed E-state index contributed by atoms with van der Waals surface area (Å²) in [4.78, 5) is 25.6. The molecule has 1 amide bonds. The van der Waals surface area contributed by atoms with Gasteiger partial charge in [-0.3, -0.25) is 9.59 Å². The van der Waals surface area contributed by atoms with Crippen molar-refractivity contribution in [1.29, 1.82) is 0 Å². The van der Waals surface area contributed by atoms with Gasteiger partial charge >= 0.3 is 5.97 Å². The molecule has 114 valence electrons. The topological polar surface area (TPSA) is 66.8 Å². The van der Waals surface area contributed by atoms with Crippen LogP contribution in [0, 0.1) is 11.3 Å². The second kappa shape index (κ2) is 6.12. The number of rotatable bonds is 3. The molecule has 5 nitrogen and oxygen atoms in total. The van der Waals surface area contributed by atoms with Crippen molar-refractivity contribution >= 4 is 11.9 Å². The number of amides is 1. The van der Waals surface area contributed by atoms with Crippen molar-refractivity contribution < 1.29 is 19.4 Å². The molecule has 0 spiro atoms. The van der Waals surface area contributed by atoms with E-state index in [2.05, 4.69) is 0 Å². The molecule has 0 radical (unpaired) electrons. The van der Waals surface area contributed by atoms with E-state index >= 15 is 0 Å². The van der Waals surface area contributed by atoms with E-state index in [4.69, 9.17) is 4.74 Å². The van der Waals surface area contributed by atoms with Crippen molar-refractivity contribution in [3.8, 4) is 0 Å². The highest BCUT2D eigenvalue weighted by Crippen LogP contribution is 2.34. The van der Waals surface area contributed by atoms with Gasteiger partial charge in [-0.15, -0.1) is 0 Å². The molecule has 5 heteroatoms. The summed E-state index contributed by atoms with van der Waals surface area (Å²) in [5, 5.41) is 9.34. The van der Waals surface area contributed by atoms with Crippen LogP contribution in [0.5, 0.6) is 0 Å². The van der Waals surface area contributed by atoms with Gasteiger partial charge in [0.1, 0.15) is 6.10 Å². The predicted octanol–water partition coefficient (Wildman–Crippen LogP) is 1.90. The van der Waals surface area contributed by atoms with Crippen molar-refractivity contribution in [3.63, 3.8) is 0 Å². The third kappa shape index (κ3) is 3.14. The highest BCUT2D eigenvalue weighted by molar-refractivity contribution is 5.81. The van der Waals surface area contributed by atoms with E-state index in [1.165, 1.54) is 0 Å². The van der Waals surface area contributed by atoms with E-state index in [1.807, 2.05) is 4.90 Å². The molecule has 2 saturated heterocycles. The van der Waals surface area contributed by atoms with E-state index in [0.717, 1.165) is 38.6 Å². The maximum absolute atomic E-state index is 12.4. The number of likely N-dealkylation sites (tertiary alicyclic amines) is 1. The number of aliphatic carboxylic acids is 1. The van der Waals surface area contributed by atoms with Gasteiger partial charge in [-0.25, -0.2) is 0 Å². The van der Waals surface area contributed by atoms with E-state index in [0.29, 0.717) is 13.2 Å². The van der Waals surface area contributed by atoms with E-state index in [-0.39, 0.29) is 17.9 Å². The minimum absolute atomic E-state index is 0.0151. The molecule has 20 heavy (non-hydrogen) atoms. The van der Waals surface area contributed by atoms with Crippen molar-refractivity contribution in [3.05, 3.63) is 0 Å². The number of hydrogen-bond donors (Lipinski definition) is 1. The Morgan fingerprint density at radius 2 is 1.95 bits per heavy atom. The first-order valence-corrected chi connectivity index (χ1v) is 7.56. The molecule has 0 aromatic heterocycles. The number of nitrogens with zero attached hydrogens (tertiary/aromatic N) is 1. The summed E-state index contributed by atoms with van der Waals surface area (Å²) in [5.74, 6) is -0.720. The Balaban J connectivity index is 1.99. The van der Waals surface area contributed by atoms with Gasteiger partial charge in [0.05, 0.1) is 5.41 Å². The van der Waals surface area contributed by atoms with Crippen molar-refractivity contribution in [2.24, 2.45) is 11.3 Å². The Morgan fingerprint density at radius 3 is 2.55 bits per heavy atom. The van der Waals surface area contributed by atoms with Crippen LogP contribution >= 0.6 is 0 Å². The van der Waals surface area contributed by atoms with Crippen molar-refractivity contribution in [1.82, 2.24) is 4.90 Å². The first-order valence-electron chi connectivity index (χ1n) is 7.56. The zero-order valence-corrected chi connectivity index (χ0v) is 12.4. The minimum Gasteiger partial charge on any atom is -0.481 e. The highest BCUT2D eigenvalue weighted by Gasteiger charge is 2.41. The fourth-order valence-electron chi connectivity index (χ4n) is 3.08. The van der Waals surface area contributed by atoms with Gasteiger partial charge in [-0.2, -0.15) is 0 Å². The summed E-state index contributed by atoms with van der Waals surface area (Å²) in [7, 11) is 0. The average Bonchev–Trinajstić information content (AvgIpc) is 2.47. The van der Waals surface area contributed by atoms with Crippen LogP contribution in [-0.4, -0.2) is 47.7 Å². The number of carboxylic acid groups (broad SMARTS) is 1. The predicted molar refractivity (Wildman–Crippen MR) is 74.3 cm³/mol. The van der Waals surface area contributed by atoms with Gasteiger partial charge in [0.15, 0.2) is 0 Å². The maximum Gasteiger partial charge on any atom is 0.309 e. The molecule has 0 saturated carbocycles. The molecule has 2 aliphatic heterocycles. The summed E-state index contributed by atoms with van der Waals surface area (Å²) < 4.78 is 5.55. The first-order chi connectivity index (χ1) is 9.43. The largest absolute Gasteiger partial charge is 0.481 e. The highest BCUT2D eigenvalue weighted by atomic mass is 16.5. The van der Waals surface area contributed by atoms with Crippen molar-refractivity contribution in [2.45, 2.75) is 52.1 Å². The zero-order chi connectivity index (χ0) is 14.8. The number of carbonyl (C=O) groups excluding carboxylic acids is 1. The lowest BCUT2D eigenvalue weighted by atomic mass is 9.74. The molecule has 0 aliphatic carbocycles. The second-order valence-electron chi connectivity index (χ2n) is 6.51. The number of carboxylic acids is 1. The molecular formula is C15H25NO4. The lowest BCUT2D eigenvalue weighted by Gasteiger charge is -2.40. The molecule has 0 aromatic carbocycles. The van der Waals surface area contributed by atoms with Crippen LogP contribution in [0.15, 0.2) is 0 Å². The Labute approximate surface area is 120 Å². The third-order valence-electron chi connectivity index (χ3n) is 4.76. The standard InChI is InChI=1S/C15H25NO4/c1-15(2,14(18)19)11-6-5-8-16(10-11)13(17)12-7-3-4-9-20-12/h11-12H,3-10H2,1-2H3,(H,18,19). The average molecular weight is 283 g/mol. The number of ether oxygens (including phenoxy) is 1. The van der Waals surface area contributed by atoms with Gasteiger partial charge < -0.3 is 14.7 Å². The number of carbonyl (C=O) groups is 2. The van der Waals surface area contributed by atoms with Gasteiger partial charge in [-0.1, -0.05) is 0 Å². The molecule has 2 rings (SSSR count). The SMILES string of the molecule is CC(C)(C(=O)O)C1CCCN(C(=O)C2CCCCO2)C1. The molecule has 2 aliphatic rings. The normalized spacial score (nSPS) is 28.2. The monoisotopic (exact) mass is 283 g/mol. The zero-order valence-electron chi connectivity index (χ0n) is 12.4. The summed E-state index contributed by atoms with van der Waals surface area (Å²) >= 11 is 0.